The molecule has 0 aliphatic carbocycles. The van der Waals surface area contributed by atoms with E-state index >= 15 is 0 Å². The molecule has 0 spiro atoms. The van der Waals surface area contributed by atoms with Crippen LogP contribution in [0.1, 0.15) is 31.3 Å². The molecule has 11 heteroatoms. The van der Waals surface area contributed by atoms with E-state index in [4.69, 9.17) is 0 Å². The van der Waals surface area contributed by atoms with Crippen molar-refractivity contribution in [3.63, 3.8) is 0 Å². The van der Waals surface area contributed by atoms with Crippen LogP contribution in [0.4, 0.5) is 24.8 Å². The topological polar surface area (TPSA) is 102 Å². The molecule has 0 aliphatic rings. The van der Waals surface area contributed by atoms with Crippen molar-refractivity contribution in [2.75, 3.05) is 23.8 Å². The maximum Gasteiger partial charge on any atom is 0.422 e. The minimum absolute atomic E-state index is 0.0201. The van der Waals surface area contributed by atoms with E-state index in [0.717, 1.165) is 12.5 Å². The van der Waals surface area contributed by atoms with Crippen molar-refractivity contribution in [2.24, 2.45) is 5.41 Å². The highest BCUT2D eigenvalue weighted by atomic mass is 19.4. The Morgan fingerprint density at radius 1 is 1.22 bits per heavy atom. The van der Waals surface area contributed by atoms with Crippen LogP contribution in [-0.2, 0) is 0 Å². The highest BCUT2D eigenvalue weighted by Crippen LogP contribution is 2.23. The molecule has 0 radical (unpaired) electrons. The number of hydrogen-bond acceptors (Lipinski definition) is 7. The fraction of sp³-hybridized carbons (Fsp3) is 0.438. The Balaban J connectivity index is 2.09. The van der Waals surface area contributed by atoms with Crippen LogP contribution < -0.4 is 15.4 Å². The highest BCUT2D eigenvalue weighted by Gasteiger charge is 2.29. The molecule has 2 aromatic rings. The van der Waals surface area contributed by atoms with Gasteiger partial charge in [0, 0.05) is 12.7 Å². The summed E-state index contributed by atoms with van der Waals surface area (Å²) in [7, 11) is 0. The summed E-state index contributed by atoms with van der Waals surface area (Å²) in [5, 5.41) is 5.40. The quantitative estimate of drug-likeness (QED) is 0.789. The van der Waals surface area contributed by atoms with Gasteiger partial charge < -0.3 is 15.4 Å². The summed E-state index contributed by atoms with van der Waals surface area (Å²) in [5.41, 5.74) is -0.102. The average molecular weight is 384 g/mol. The smallest absolute Gasteiger partial charge is 0.422 e. The van der Waals surface area contributed by atoms with Gasteiger partial charge in [-0.15, -0.1) is 0 Å². The first-order chi connectivity index (χ1) is 12.5. The largest absolute Gasteiger partial charge is 0.466 e. The Bertz CT molecular complexity index is 792. The van der Waals surface area contributed by atoms with Crippen molar-refractivity contribution in [3.05, 3.63) is 30.5 Å². The van der Waals surface area contributed by atoms with Gasteiger partial charge in [0.1, 0.15) is 17.7 Å². The molecule has 27 heavy (non-hydrogen) atoms. The zero-order valence-corrected chi connectivity index (χ0v) is 15.0. The number of halogens is 3. The number of ether oxygens (including phenoxy) is 1. The third-order valence-corrected chi connectivity index (χ3v) is 2.96. The van der Waals surface area contributed by atoms with Gasteiger partial charge in [0.25, 0.3) is 5.91 Å². The van der Waals surface area contributed by atoms with Gasteiger partial charge in [0.15, 0.2) is 6.61 Å². The third-order valence-electron chi connectivity index (χ3n) is 2.96. The van der Waals surface area contributed by atoms with Gasteiger partial charge in [-0.1, -0.05) is 20.8 Å². The number of carbonyl (C=O) groups is 1. The molecule has 0 bridgehead atoms. The fourth-order valence-corrected chi connectivity index (χ4v) is 1.77. The maximum absolute atomic E-state index is 12.4. The summed E-state index contributed by atoms with van der Waals surface area (Å²) in [4.78, 5) is 27.8. The van der Waals surface area contributed by atoms with Crippen LogP contribution in [0.2, 0.25) is 0 Å². The van der Waals surface area contributed by atoms with Gasteiger partial charge in [-0.2, -0.15) is 18.2 Å². The predicted molar refractivity (Wildman–Crippen MR) is 91.5 cm³/mol. The van der Waals surface area contributed by atoms with Gasteiger partial charge in [0.05, 0.1) is 6.20 Å². The number of aromatic nitrogens is 4. The highest BCUT2D eigenvalue weighted by molar-refractivity contribution is 6.03. The molecule has 2 rings (SSSR count). The minimum atomic E-state index is -4.54. The second kappa shape index (κ2) is 8.14. The Hall–Kier alpha value is -2.98. The molecule has 0 saturated carbocycles. The Morgan fingerprint density at radius 3 is 2.63 bits per heavy atom. The molecule has 8 nitrogen and oxygen atoms in total. The molecule has 0 fully saturated rings. The molecule has 0 aromatic carbocycles. The van der Waals surface area contributed by atoms with Gasteiger partial charge in [-0.25, -0.2) is 15.0 Å². The van der Waals surface area contributed by atoms with Crippen LogP contribution in [0, 0.1) is 5.41 Å². The molecule has 1 amide bonds. The number of hydrogen-bond donors (Lipinski definition) is 2. The minimum Gasteiger partial charge on any atom is -0.466 e. The predicted octanol–water partition coefficient (Wildman–Crippen LogP) is 2.92. The lowest BCUT2D eigenvalue weighted by Gasteiger charge is -2.18. The van der Waals surface area contributed by atoms with Gasteiger partial charge in [0.2, 0.25) is 11.8 Å². The zero-order valence-electron chi connectivity index (χ0n) is 15.0. The summed E-state index contributed by atoms with van der Waals surface area (Å²) in [5.74, 6) is -0.797. The fourth-order valence-electron chi connectivity index (χ4n) is 1.77. The summed E-state index contributed by atoms with van der Waals surface area (Å²) < 4.78 is 41.6. The second-order valence-corrected chi connectivity index (χ2v) is 6.78. The van der Waals surface area contributed by atoms with Crippen LogP contribution >= 0.6 is 0 Å². The first-order valence-electron chi connectivity index (χ1n) is 7.91. The summed E-state index contributed by atoms with van der Waals surface area (Å²) in [6.45, 7) is 5.11. The van der Waals surface area contributed by atoms with Crippen LogP contribution in [0.25, 0.3) is 0 Å². The summed E-state index contributed by atoms with van der Waals surface area (Å²) in [6.07, 6.45) is -0.987. The standard InChI is InChI=1S/C16H19F3N6O2/c1-15(2,3)7-22-14-21-5-4-10(25-14)12(26)24-11-6-20-9-23-13(11)27-8-16(17,18)19/h4-6,9H,7-8H2,1-3H3,(H,24,26)(H,21,22,25). The molecule has 0 unspecified atom stereocenters. The number of amides is 1. The molecule has 0 atom stereocenters. The lowest BCUT2D eigenvalue weighted by Crippen LogP contribution is -2.22. The lowest BCUT2D eigenvalue weighted by atomic mass is 9.97. The molecular formula is C16H19F3N6O2. The van der Waals surface area contributed by atoms with Crippen molar-refractivity contribution in [3.8, 4) is 5.88 Å². The van der Waals surface area contributed by atoms with E-state index in [0.29, 0.717) is 6.54 Å². The maximum atomic E-state index is 12.4. The van der Waals surface area contributed by atoms with E-state index in [9.17, 15) is 18.0 Å². The number of nitrogens with one attached hydrogen (secondary N) is 2. The number of anilines is 2. The van der Waals surface area contributed by atoms with Crippen molar-refractivity contribution in [1.29, 1.82) is 0 Å². The van der Waals surface area contributed by atoms with E-state index in [1.165, 1.54) is 12.3 Å². The second-order valence-electron chi connectivity index (χ2n) is 6.78. The first-order valence-corrected chi connectivity index (χ1v) is 7.91. The lowest BCUT2D eigenvalue weighted by molar-refractivity contribution is -0.153. The van der Waals surface area contributed by atoms with Gasteiger partial charge >= 0.3 is 6.18 Å². The van der Waals surface area contributed by atoms with Crippen molar-refractivity contribution >= 4 is 17.5 Å². The average Bonchev–Trinajstić information content (AvgIpc) is 2.58. The molecule has 2 aromatic heterocycles. The van der Waals surface area contributed by atoms with Gasteiger partial charge in [-0.05, 0) is 11.5 Å². The van der Waals surface area contributed by atoms with Crippen LogP contribution in [-0.4, -0.2) is 45.2 Å². The Labute approximate surface area is 153 Å². The number of carbonyl (C=O) groups excluding carboxylic acids is 1. The van der Waals surface area contributed by atoms with Crippen LogP contribution in [0.5, 0.6) is 5.88 Å². The summed E-state index contributed by atoms with van der Waals surface area (Å²) >= 11 is 0. The SMILES string of the molecule is CC(C)(C)CNc1nccc(C(=O)Nc2cncnc2OCC(F)(F)F)n1. The van der Waals surface area contributed by atoms with E-state index in [1.807, 2.05) is 20.8 Å². The normalized spacial score (nSPS) is 11.8. The molecule has 2 heterocycles. The number of rotatable bonds is 6. The molecule has 0 aliphatic heterocycles. The van der Waals surface area contributed by atoms with E-state index < -0.39 is 24.6 Å². The number of nitrogens with zero attached hydrogens (tertiary/aromatic N) is 4. The van der Waals surface area contributed by atoms with E-state index in [2.05, 4.69) is 35.3 Å². The van der Waals surface area contributed by atoms with Crippen molar-refractivity contribution in [1.82, 2.24) is 19.9 Å². The monoisotopic (exact) mass is 384 g/mol. The van der Waals surface area contributed by atoms with Crippen LogP contribution in [0.15, 0.2) is 24.8 Å². The first kappa shape index (κ1) is 20.3. The van der Waals surface area contributed by atoms with Gasteiger partial charge in [-0.3, -0.25) is 4.79 Å². The molecule has 0 saturated heterocycles. The summed E-state index contributed by atoms with van der Waals surface area (Å²) in [6, 6.07) is 1.37. The Kier molecular flexibility index (Phi) is 6.13. The van der Waals surface area contributed by atoms with Crippen molar-refractivity contribution < 1.29 is 22.7 Å². The molecule has 2 N–H and O–H groups in total. The zero-order chi connectivity index (χ0) is 20.1. The molecule has 146 valence electrons. The van der Waals surface area contributed by atoms with E-state index in [1.54, 1.807) is 0 Å². The molecular weight excluding hydrogens is 365 g/mol. The van der Waals surface area contributed by atoms with Crippen molar-refractivity contribution in [2.45, 2.75) is 26.9 Å². The Morgan fingerprint density at radius 2 is 1.96 bits per heavy atom. The van der Waals surface area contributed by atoms with Crippen LogP contribution in [0.3, 0.4) is 0 Å². The third kappa shape index (κ3) is 7.04. The number of alkyl halides is 3. The van der Waals surface area contributed by atoms with E-state index in [-0.39, 0.29) is 22.7 Å².